The first-order valence-corrected chi connectivity index (χ1v) is 6.92. The number of methoxy groups -OCH3 is 1. The van der Waals surface area contributed by atoms with Crippen LogP contribution in [0.5, 0.6) is 5.75 Å². The molecule has 2 N–H and O–H groups in total. The Hall–Kier alpha value is -2.08. The predicted octanol–water partition coefficient (Wildman–Crippen LogP) is 2.52. The zero-order valence-electron chi connectivity index (χ0n) is 12.1. The molecule has 0 fully saturated rings. The van der Waals surface area contributed by atoms with E-state index < -0.39 is 0 Å². The number of rotatable bonds is 5. The number of H-pyrrole nitrogens is 1. The van der Waals surface area contributed by atoms with Gasteiger partial charge in [0, 0.05) is 23.0 Å². The molecule has 0 atom stereocenters. The van der Waals surface area contributed by atoms with Gasteiger partial charge in [-0.15, -0.1) is 5.10 Å². The van der Waals surface area contributed by atoms with E-state index in [4.69, 9.17) is 16.3 Å². The standard InChI is InChI=1S/C14H17ClN4O2/c1-8(2)12-17-13(19-18-12)14(20)16-7-9-10(15)5-4-6-11(9)21-3/h4-6,8H,7H2,1-3H3,(H,16,20)(H,17,18,19). The fourth-order valence-corrected chi connectivity index (χ4v) is 2.02. The van der Waals surface area contributed by atoms with Gasteiger partial charge in [-0.05, 0) is 12.1 Å². The van der Waals surface area contributed by atoms with Gasteiger partial charge in [0.15, 0.2) is 0 Å². The number of nitrogens with zero attached hydrogens (tertiary/aromatic N) is 2. The first-order chi connectivity index (χ1) is 10.0. The van der Waals surface area contributed by atoms with Crippen LogP contribution in [0.3, 0.4) is 0 Å². The van der Waals surface area contributed by atoms with Gasteiger partial charge in [-0.2, -0.15) is 0 Å². The number of aromatic amines is 1. The Morgan fingerprint density at radius 2 is 2.24 bits per heavy atom. The Kier molecular flexibility index (Phi) is 4.80. The number of nitrogens with one attached hydrogen (secondary N) is 2. The second-order valence-electron chi connectivity index (χ2n) is 4.80. The number of hydrogen-bond donors (Lipinski definition) is 2. The van der Waals surface area contributed by atoms with Gasteiger partial charge in [0.05, 0.1) is 7.11 Å². The number of carbonyl (C=O) groups is 1. The predicted molar refractivity (Wildman–Crippen MR) is 79.6 cm³/mol. The molecule has 1 amide bonds. The molecule has 1 aromatic carbocycles. The van der Waals surface area contributed by atoms with Crippen molar-refractivity contribution in [3.05, 3.63) is 40.4 Å². The van der Waals surface area contributed by atoms with Crippen molar-refractivity contribution in [1.29, 1.82) is 0 Å². The first-order valence-electron chi connectivity index (χ1n) is 6.54. The molecule has 0 spiro atoms. The summed E-state index contributed by atoms with van der Waals surface area (Å²) in [5, 5.41) is 9.92. The van der Waals surface area contributed by atoms with Gasteiger partial charge < -0.3 is 10.1 Å². The number of amides is 1. The number of carbonyl (C=O) groups excluding carboxylic acids is 1. The lowest BCUT2D eigenvalue weighted by Gasteiger charge is -2.10. The van der Waals surface area contributed by atoms with Crippen molar-refractivity contribution in [2.75, 3.05) is 7.11 Å². The van der Waals surface area contributed by atoms with E-state index in [1.165, 1.54) is 0 Å². The van der Waals surface area contributed by atoms with Crippen molar-refractivity contribution in [2.24, 2.45) is 0 Å². The molecule has 0 aliphatic heterocycles. The van der Waals surface area contributed by atoms with Crippen LogP contribution in [0.4, 0.5) is 0 Å². The molecule has 0 aliphatic carbocycles. The Balaban J connectivity index is 2.07. The molecular weight excluding hydrogens is 292 g/mol. The molecule has 2 rings (SSSR count). The van der Waals surface area contributed by atoms with Gasteiger partial charge in [-0.1, -0.05) is 31.5 Å². The summed E-state index contributed by atoms with van der Waals surface area (Å²) in [7, 11) is 1.56. The van der Waals surface area contributed by atoms with E-state index in [1.807, 2.05) is 13.8 Å². The fraction of sp³-hybridized carbons (Fsp3) is 0.357. The van der Waals surface area contributed by atoms with Crippen LogP contribution in [0, 0.1) is 0 Å². The maximum atomic E-state index is 12.0. The number of aromatic nitrogens is 3. The van der Waals surface area contributed by atoms with Crippen LogP contribution in [-0.2, 0) is 6.54 Å². The summed E-state index contributed by atoms with van der Waals surface area (Å²) in [5.41, 5.74) is 0.717. The van der Waals surface area contributed by atoms with Crippen molar-refractivity contribution in [3.8, 4) is 5.75 Å². The summed E-state index contributed by atoms with van der Waals surface area (Å²) in [4.78, 5) is 16.2. The summed E-state index contributed by atoms with van der Waals surface area (Å²) in [6.45, 7) is 4.18. The minimum absolute atomic E-state index is 0.115. The van der Waals surface area contributed by atoms with Crippen molar-refractivity contribution < 1.29 is 9.53 Å². The molecule has 2 aromatic rings. The summed E-state index contributed by atoms with van der Waals surface area (Å²) in [6.07, 6.45) is 0. The second kappa shape index (κ2) is 6.58. The lowest BCUT2D eigenvalue weighted by Crippen LogP contribution is -2.24. The second-order valence-corrected chi connectivity index (χ2v) is 5.21. The average molecular weight is 309 g/mol. The van der Waals surface area contributed by atoms with Gasteiger partial charge in [-0.25, -0.2) is 4.98 Å². The smallest absolute Gasteiger partial charge is 0.291 e. The van der Waals surface area contributed by atoms with E-state index in [2.05, 4.69) is 20.5 Å². The Morgan fingerprint density at radius 3 is 2.86 bits per heavy atom. The molecule has 6 nitrogen and oxygen atoms in total. The third-order valence-electron chi connectivity index (χ3n) is 2.97. The van der Waals surface area contributed by atoms with E-state index in [0.717, 1.165) is 5.56 Å². The monoisotopic (exact) mass is 308 g/mol. The van der Waals surface area contributed by atoms with Crippen LogP contribution in [0.15, 0.2) is 18.2 Å². The lowest BCUT2D eigenvalue weighted by atomic mass is 10.2. The molecular formula is C14H17ClN4O2. The van der Waals surface area contributed by atoms with E-state index in [0.29, 0.717) is 16.6 Å². The van der Waals surface area contributed by atoms with Gasteiger partial charge >= 0.3 is 0 Å². The molecule has 7 heteroatoms. The van der Waals surface area contributed by atoms with E-state index in [-0.39, 0.29) is 24.2 Å². The summed E-state index contributed by atoms with van der Waals surface area (Å²) in [5.74, 6) is 1.24. The highest BCUT2D eigenvalue weighted by atomic mass is 35.5. The van der Waals surface area contributed by atoms with Crippen LogP contribution in [0.1, 0.15) is 41.8 Å². The molecule has 1 aromatic heterocycles. The normalized spacial score (nSPS) is 10.7. The van der Waals surface area contributed by atoms with Crippen molar-refractivity contribution in [3.63, 3.8) is 0 Å². The average Bonchev–Trinajstić information content (AvgIpc) is 2.95. The fourth-order valence-electron chi connectivity index (χ4n) is 1.78. The molecule has 0 bridgehead atoms. The maximum Gasteiger partial charge on any atom is 0.291 e. The lowest BCUT2D eigenvalue weighted by molar-refractivity contribution is 0.0940. The zero-order valence-corrected chi connectivity index (χ0v) is 12.9. The minimum atomic E-state index is -0.361. The number of hydrogen-bond acceptors (Lipinski definition) is 4. The van der Waals surface area contributed by atoms with Gasteiger partial charge in [0.2, 0.25) is 5.82 Å². The highest BCUT2D eigenvalue weighted by molar-refractivity contribution is 6.31. The summed E-state index contributed by atoms with van der Waals surface area (Å²) < 4.78 is 5.23. The third kappa shape index (κ3) is 3.52. The van der Waals surface area contributed by atoms with Gasteiger partial charge in [0.25, 0.3) is 5.91 Å². The van der Waals surface area contributed by atoms with Crippen LogP contribution in [0.2, 0.25) is 5.02 Å². The summed E-state index contributed by atoms with van der Waals surface area (Å²) >= 11 is 6.11. The Morgan fingerprint density at radius 1 is 1.48 bits per heavy atom. The molecule has 112 valence electrons. The zero-order chi connectivity index (χ0) is 15.4. The molecule has 21 heavy (non-hydrogen) atoms. The minimum Gasteiger partial charge on any atom is -0.496 e. The van der Waals surface area contributed by atoms with Crippen molar-refractivity contribution >= 4 is 17.5 Å². The highest BCUT2D eigenvalue weighted by Crippen LogP contribution is 2.25. The quantitative estimate of drug-likeness (QED) is 0.889. The molecule has 0 unspecified atom stereocenters. The van der Waals surface area contributed by atoms with Crippen LogP contribution in [0.25, 0.3) is 0 Å². The van der Waals surface area contributed by atoms with Gasteiger partial charge in [-0.3, -0.25) is 9.89 Å². The number of halogens is 1. The van der Waals surface area contributed by atoms with Crippen molar-refractivity contribution in [2.45, 2.75) is 26.3 Å². The number of ether oxygens (including phenoxy) is 1. The summed E-state index contributed by atoms with van der Waals surface area (Å²) in [6, 6.07) is 5.32. The molecule has 0 saturated heterocycles. The van der Waals surface area contributed by atoms with Gasteiger partial charge in [0.1, 0.15) is 11.6 Å². The molecule has 0 saturated carbocycles. The molecule has 1 heterocycles. The largest absolute Gasteiger partial charge is 0.496 e. The Labute approximate surface area is 127 Å². The SMILES string of the molecule is COc1cccc(Cl)c1CNC(=O)c1n[nH]c(C(C)C)n1. The molecule has 0 aliphatic rings. The van der Waals surface area contributed by atoms with Crippen LogP contribution in [-0.4, -0.2) is 28.2 Å². The third-order valence-corrected chi connectivity index (χ3v) is 3.33. The van der Waals surface area contributed by atoms with Crippen LogP contribution >= 0.6 is 11.6 Å². The topological polar surface area (TPSA) is 79.9 Å². The number of benzene rings is 1. The van der Waals surface area contributed by atoms with E-state index in [1.54, 1.807) is 25.3 Å². The first kappa shape index (κ1) is 15.3. The van der Waals surface area contributed by atoms with Crippen LogP contribution < -0.4 is 10.1 Å². The van der Waals surface area contributed by atoms with Crippen molar-refractivity contribution in [1.82, 2.24) is 20.5 Å². The highest BCUT2D eigenvalue weighted by Gasteiger charge is 2.15. The Bertz CT molecular complexity index is 640. The maximum absolute atomic E-state index is 12.0. The van der Waals surface area contributed by atoms with E-state index in [9.17, 15) is 4.79 Å². The molecule has 0 radical (unpaired) electrons. The van der Waals surface area contributed by atoms with E-state index >= 15 is 0 Å².